The van der Waals surface area contributed by atoms with Gasteiger partial charge in [-0.2, -0.15) is 10.1 Å². The van der Waals surface area contributed by atoms with E-state index in [4.69, 9.17) is 14.5 Å². The number of aromatic nitrogens is 5. The number of carbonyl (C=O) groups is 1. The lowest BCUT2D eigenvalue weighted by Gasteiger charge is -2.65. The first-order chi connectivity index (χ1) is 17.4. The Bertz CT molecular complexity index is 1370. The van der Waals surface area contributed by atoms with E-state index in [2.05, 4.69) is 20.4 Å². The molecule has 0 spiro atoms. The Morgan fingerprint density at radius 3 is 2.58 bits per heavy atom. The van der Waals surface area contributed by atoms with Gasteiger partial charge in [0, 0.05) is 37.8 Å². The summed E-state index contributed by atoms with van der Waals surface area (Å²) in [6, 6.07) is 1.97. The fourth-order valence-electron chi connectivity index (χ4n) is 7.93. The zero-order valence-electron chi connectivity index (χ0n) is 21.1. The monoisotopic (exact) mass is 489 g/mol. The van der Waals surface area contributed by atoms with E-state index in [-0.39, 0.29) is 29.2 Å². The van der Waals surface area contributed by atoms with Crippen LogP contribution >= 0.6 is 0 Å². The Labute approximate surface area is 209 Å². The quantitative estimate of drug-likeness (QED) is 0.542. The Kier molecular flexibility index (Phi) is 4.58. The SMILES string of the molecule is COC1(OC)C2CC3CC1CC(N1C(=O)C(C)c4cnc(Nc5cn6ncnc6cc5C)nc41)(C3)C2. The largest absolute Gasteiger partial charge is 0.353 e. The lowest BCUT2D eigenvalue weighted by molar-refractivity contribution is -0.321. The summed E-state index contributed by atoms with van der Waals surface area (Å²) >= 11 is 0. The van der Waals surface area contributed by atoms with Crippen molar-refractivity contribution in [1.82, 2.24) is 24.6 Å². The molecule has 188 valence electrons. The fourth-order valence-corrected chi connectivity index (χ4v) is 7.93. The molecule has 36 heavy (non-hydrogen) atoms. The van der Waals surface area contributed by atoms with Crippen molar-refractivity contribution in [2.75, 3.05) is 24.4 Å². The van der Waals surface area contributed by atoms with Crippen LogP contribution in [0.15, 0.2) is 24.8 Å². The van der Waals surface area contributed by atoms with Crippen molar-refractivity contribution in [3.8, 4) is 0 Å². The summed E-state index contributed by atoms with van der Waals surface area (Å²) < 4.78 is 13.8. The predicted octanol–water partition coefficient (Wildman–Crippen LogP) is 3.59. The number of ether oxygens (including phenoxy) is 2. The van der Waals surface area contributed by atoms with Gasteiger partial charge in [-0.25, -0.2) is 14.5 Å². The van der Waals surface area contributed by atoms with Gasteiger partial charge in [-0.3, -0.25) is 9.69 Å². The van der Waals surface area contributed by atoms with Crippen molar-refractivity contribution in [2.24, 2.45) is 17.8 Å². The van der Waals surface area contributed by atoms with E-state index in [9.17, 15) is 4.79 Å². The zero-order valence-corrected chi connectivity index (χ0v) is 21.1. The number of methoxy groups -OCH3 is 2. The second kappa shape index (κ2) is 7.45. The molecule has 10 nitrogen and oxygen atoms in total. The highest BCUT2D eigenvalue weighted by molar-refractivity contribution is 6.05. The molecule has 3 atom stereocenters. The highest BCUT2D eigenvalue weighted by Gasteiger charge is 2.66. The number of carbonyl (C=O) groups excluding carboxylic acids is 1. The Balaban J connectivity index is 1.27. The second-order valence-corrected chi connectivity index (χ2v) is 11.1. The van der Waals surface area contributed by atoms with E-state index < -0.39 is 5.79 Å². The lowest BCUT2D eigenvalue weighted by atomic mass is 9.49. The molecule has 3 aromatic rings. The Hall–Kier alpha value is -3.11. The molecule has 8 rings (SSSR count). The molecule has 0 saturated heterocycles. The standard InChI is InChI=1S/C26H31N7O3/c1-14-5-21-28-13-29-32(21)12-20(14)30-24-27-11-19-15(2)23(34)33(22(19)31-24)25-8-16-6-17(9-25)26(35-3,36-4)18(7-16)10-25/h5,11-13,15-18H,6-10H2,1-4H3,(H,27,30,31). The van der Waals surface area contributed by atoms with Crippen LogP contribution in [0.2, 0.25) is 0 Å². The maximum absolute atomic E-state index is 13.8. The van der Waals surface area contributed by atoms with Crippen LogP contribution in [-0.2, 0) is 14.3 Å². The van der Waals surface area contributed by atoms with Crippen molar-refractivity contribution in [1.29, 1.82) is 0 Å². The summed E-state index contributed by atoms with van der Waals surface area (Å²) in [5.74, 6) is 1.63. The molecule has 1 N–H and O–H groups in total. The number of rotatable bonds is 5. The molecule has 3 unspecified atom stereocenters. The molecule has 4 heterocycles. The third-order valence-electron chi connectivity index (χ3n) is 9.34. The number of nitrogens with one attached hydrogen (secondary N) is 1. The predicted molar refractivity (Wildman–Crippen MR) is 132 cm³/mol. The molecule has 0 aromatic carbocycles. The minimum atomic E-state index is -0.548. The van der Waals surface area contributed by atoms with E-state index in [0.29, 0.717) is 11.9 Å². The van der Waals surface area contributed by atoms with E-state index >= 15 is 0 Å². The van der Waals surface area contributed by atoms with Gasteiger partial charge in [0.05, 0.1) is 23.3 Å². The number of amides is 1. The van der Waals surface area contributed by atoms with Crippen LogP contribution in [0.5, 0.6) is 0 Å². The van der Waals surface area contributed by atoms with Crippen LogP contribution in [0, 0.1) is 24.7 Å². The molecule has 4 bridgehead atoms. The number of pyridine rings is 1. The van der Waals surface area contributed by atoms with E-state index in [1.165, 1.54) is 6.33 Å². The van der Waals surface area contributed by atoms with Crippen molar-refractivity contribution in [3.63, 3.8) is 0 Å². The highest BCUT2D eigenvalue weighted by atomic mass is 16.7. The van der Waals surface area contributed by atoms with Gasteiger partial charge in [0.25, 0.3) is 0 Å². The van der Waals surface area contributed by atoms with Crippen LogP contribution in [0.4, 0.5) is 17.5 Å². The maximum atomic E-state index is 13.8. The number of aryl methyl sites for hydroxylation is 1. The van der Waals surface area contributed by atoms with Gasteiger partial charge in [-0.05, 0) is 63.5 Å². The third kappa shape index (κ3) is 2.82. The van der Waals surface area contributed by atoms with Gasteiger partial charge < -0.3 is 14.8 Å². The van der Waals surface area contributed by atoms with Gasteiger partial charge in [-0.1, -0.05) is 0 Å². The topological polar surface area (TPSA) is 107 Å². The number of hydrogen-bond acceptors (Lipinski definition) is 8. The Morgan fingerprint density at radius 1 is 1.11 bits per heavy atom. The van der Waals surface area contributed by atoms with Gasteiger partial charge in [0.1, 0.15) is 12.1 Å². The van der Waals surface area contributed by atoms with Crippen molar-refractivity contribution < 1.29 is 14.3 Å². The van der Waals surface area contributed by atoms with Crippen molar-refractivity contribution in [3.05, 3.63) is 35.9 Å². The van der Waals surface area contributed by atoms with Crippen molar-refractivity contribution in [2.45, 2.75) is 63.2 Å². The average molecular weight is 490 g/mol. The van der Waals surface area contributed by atoms with Crippen LogP contribution < -0.4 is 10.2 Å². The Morgan fingerprint density at radius 2 is 1.86 bits per heavy atom. The first-order valence-corrected chi connectivity index (χ1v) is 12.8. The molecule has 5 aliphatic rings. The van der Waals surface area contributed by atoms with E-state index in [1.54, 1.807) is 18.7 Å². The van der Waals surface area contributed by atoms with Crippen LogP contribution in [0.3, 0.4) is 0 Å². The minimum absolute atomic E-state index is 0.124. The van der Waals surface area contributed by atoms with E-state index in [0.717, 1.165) is 60.4 Å². The summed E-state index contributed by atoms with van der Waals surface area (Å²) in [6.07, 6.45) is 10.2. The number of hydrogen-bond donors (Lipinski definition) is 1. The average Bonchev–Trinajstić information content (AvgIpc) is 3.41. The number of fused-ring (bicyclic) bond motifs is 2. The van der Waals surface area contributed by atoms with Gasteiger partial charge in [-0.15, -0.1) is 0 Å². The first-order valence-electron chi connectivity index (χ1n) is 12.8. The summed E-state index contributed by atoms with van der Waals surface area (Å²) in [7, 11) is 3.53. The first kappa shape index (κ1) is 22.1. The van der Waals surface area contributed by atoms with Crippen LogP contribution in [-0.4, -0.2) is 56.0 Å². The second-order valence-electron chi connectivity index (χ2n) is 11.1. The summed E-state index contributed by atoms with van der Waals surface area (Å²) in [5, 5.41) is 7.59. The summed E-state index contributed by atoms with van der Waals surface area (Å²) in [5.41, 5.74) is 3.28. The molecule has 0 radical (unpaired) electrons. The van der Waals surface area contributed by atoms with Crippen LogP contribution in [0.1, 0.15) is 56.1 Å². The van der Waals surface area contributed by atoms with Gasteiger partial charge in [0.15, 0.2) is 11.4 Å². The molecule has 4 fully saturated rings. The smallest absolute Gasteiger partial charge is 0.236 e. The van der Waals surface area contributed by atoms with Gasteiger partial charge in [0.2, 0.25) is 11.9 Å². The fraction of sp³-hybridized carbons (Fsp3) is 0.577. The van der Waals surface area contributed by atoms with E-state index in [1.807, 2.05) is 37.2 Å². The molecule has 4 aliphatic carbocycles. The van der Waals surface area contributed by atoms with Gasteiger partial charge >= 0.3 is 0 Å². The minimum Gasteiger partial charge on any atom is -0.353 e. The highest BCUT2D eigenvalue weighted by Crippen LogP contribution is 2.64. The molecule has 3 aromatic heterocycles. The molecule has 1 amide bonds. The lowest BCUT2D eigenvalue weighted by Crippen LogP contribution is -2.70. The summed E-state index contributed by atoms with van der Waals surface area (Å²) in [6.45, 7) is 3.98. The zero-order chi connectivity index (χ0) is 24.8. The molecule has 1 aliphatic heterocycles. The number of nitrogens with zero attached hydrogens (tertiary/aromatic N) is 6. The molecular weight excluding hydrogens is 458 g/mol. The normalized spacial score (nSPS) is 31.9. The third-order valence-corrected chi connectivity index (χ3v) is 9.34. The maximum Gasteiger partial charge on any atom is 0.236 e. The molecule has 4 saturated carbocycles. The van der Waals surface area contributed by atoms with Crippen molar-refractivity contribution >= 4 is 29.0 Å². The van der Waals surface area contributed by atoms with Crippen LogP contribution in [0.25, 0.3) is 5.65 Å². The molecule has 10 heteroatoms. The summed E-state index contributed by atoms with van der Waals surface area (Å²) in [4.78, 5) is 29.6. The number of anilines is 3. The molecular formula is C26H31N7O3.